The molecule has 0 bridgehead atoms. The van der Waals surface area contributed by atoms with E-state index >= 15 is 0 Å². The lowest BCUT2D eigenvalue weighted by atomic mass is 10.0. The smallest absolute Gasteiger partial charge is 0.166 e. The molecule has 4 nitrogen and oxygen atoms in total. The number of quaternary nitrogens is 1. The van der Waals surface area contributed by atoms with Crippen molar-refractivity contribution in [3.05, 3.63) is 65.7 Å². The summed E-state index contributed by atoms with van der Waals surface area (Å²) >= 11 is 0. The van der Waals surface area contributed by atoms with Gasteiger partial charge in [-0.2, -0.15) is 0 Å². The number of ether oxygens (including phenoxy) is 1. The Labute approximate surface area is 149 Å². The van der Waals surface area contributed by atoms with E-state index in [2.05, 4.69) is 12.2 Å². The molecule has 2 aromatic carbocycles. The second kappa shape index (κ2) is 10.6. The number of hydrogen-bond donors (Lipinski definition) is 2. The Morgan fingerprint density at radius 1 is 1.12 bits per heavy atom. The van der Waals surface area contributed by atoms with Gasteiger partial charge in [-0.1, -0.05) is 49.4 Å². The minimum atomic E-state index is -0.543. The van der Waals surface area contributed by atoms with Gasteiger partial charge in [0.15, 0.2) is 5.78 Å². The predicted octanol–water partition coefficient (Wildman–Crippen LogP) is 2.22. The Bertz CT molecular complexity index is 643. The normalized spacial score (nSPS) is 11.9. The van der Waals surface area contributed by atoms with Crippen molar-refractivity contribution < 1.29 is 20.0 Å². The van der Waals surface area contributed by atoms with E-state index in [0.29, 0.717) is 30.7 Å². The second-order valence-electron chi connectivity index (χ2n) is 6.18. The van der Waals surface area contributed by atoms with Gasteiger partial charge < -0.3 is 15.2 Å². The molecule has 0 saturated carbocycles. The lowest BCUT2D eigenvalue weighted by Crippen LogP contribution is -2.86. The Morgan fingerprint density at radius 3 is 2.60 bits per heavy atom. The van der Waals surface area contributed by atoms with Gasteiger partial charge in [0.05, 0.1) is 12.1 Å². The Balaban J connectivity index is 1.89. The van der Waals surface area contributed by atoms with Crippen LogP contribution in [0, 0.1) is 0 Å². The number of ketones is 1. The monoisotopic (exact) mass is 342 g/mol. The number of carbonyl (C=O) groups excluding carboxylic acids is 1. The van der Waals surface area contributed by atoms with Gasteiger partial charge in [-0.05, 0) is 30.5 Å². The first-order valence-electron chi connectivity index (χ1n) is 8.99. The lowest BCUT2D eigenvalue weighted by molar-refractivity contribution is -0.661. The first-order chi connectivity index (χ1) is 12.2. The summed E-state index contributed by atoms with van der Waals surface area (Å²) in [5.41, 5.74) is 1.74. The number of rotatable bonds is 11. The van der Waals surface area contributed by atoms with E-state index < -0.39 is 6.10 Å². The fourth-order valence-corrected chi connectivity index (χ4v) is 2.63. The van der Waals surface area contributed by atoms with E-state index in [1.807, 2.05) is 42.5 Å². The van der Waals surface area contributed by atoms with Crippen LogP contribution in [0.4, 0.5) is 0 Å². The molecule has 3 N–H and O–H groups in total. The number of hydrogen-bond acceptors (Lipinski definition) is 3. The van der Waals surface area contributed by atoms with Crippen molar-refractivity contribution in [2.75, 3.05) is 19.7 Å². The maximum Gasteiger partial charge on any atom is 0.166 e. The average molecular weight is 342 g/mol. The van der Waals surface area contributed by atoms with Gasteiger partial charge in [0, 0.05) is 6.42 Å². The molecule has 2 rings (SSSR count). The van der Waals surface area contributed by atoms with E-state index in [-0.39, 0.29) is 12.4 Å². The highest BCUT2D eigenvalue weighted by atomic mass is 16.5. The molecule has 1 atom stereocenters. The molecule has 0 aliphatic heterocycles. The number of para-hydroxylation sites is 1. The van der Waals surface area contributed by atoms with Gasteiger partial charge in [-0.25, -0.2) is 0 Å². The van der Waals surface area contributed by atoms with Crippen molar-refractivity contribution in [2.45, 2.75) is 32.3 Å². The van der Waals surface area contributed by atoms with E-state index in [0.717, 1.165) is 18.5 Å². The molecule has 0 aliphatic rings. The third kappa shape index (κ3) is 6.69. The summed E-state index contributed by atoms with van der Waals surface area (Å²) in [4.78, 5) is 12.5. The van der Waals surface area contributed by atoms with Gasteiger partial charge in [-0.15, -0.1) is 0 Å². The van der Waals surface area contributed by atoms with Crippen LogP contribution in [-0.2, 0) is 6.42 Å². The molecule has 0 aromatic heterocycles. The second-order valence-corrected chi connectivity index (χ2v) is 6.18. The van der Waals surface area contributed by atoms with Gasteiger partial charge in [0.25, 0.3) is 0 Å². The SMILES string of the molecule is CCC[NH2+]C[C@H](O)COc1ccccc1C(=O)CCc1ccccc1. The fourth-order valence-electron chi connectivity index (χ4n) is 2.63. The lowest BCUT2D eigenvalue weighted by Gasteiger charge is -2.14. The number of benzene rings is 2. The van der Waals surface area contributed by atoms with E-state index in [1.165, 1.54) is 0 Å². The highest BCUT2D eigenvalue weighted by Crippen LogP contribution is 2.20. The third-order valence-corrected chi connectivity index (χ3v) is 4.03. The van der Waals surface area contributed by atoms with Crippen LogP contribution < -0.4 is 10.1 Å². The van der Waals surface area contributed by atoms with E-state index in [4.69, 9.17) is 4.74 Å². The fraction of sp³-hybridized carbons (Fsp3) is 0.381. The average Bonchev–Trinajstić information content (AvgIpc) is 2.66. The molecular formula is C21H28NO3+. The molecule has 0 unspecified atom stereocenters. The Hall–Kier alpha value is -2.17. The van der Waals surface area contributed by atoms with Crippen molar-refractivity contribution in [1.29, 1.82) is 0 Å². The molecule has 2 aromatic rings. The van der Waals surface area contributed by atoms with Crippen LogP contribution >= 0.6 is 0 Å². The quantitative estimate of drug-likeness (QED) is 0.486. The zero-order valence-electron chi connectivity index (χ0n) is 14.9. The van der Waals surface area contributed by atoms with Crippen molar-refractivity contribution in [2.24, 2.45) is 0 Å². The molecule has 25 heavy (non-hydrogen) atoms. The first kappa shape index (κ1) is 19.2. The van der Waals surface area contributed by atoms with Crippen LogP contribution in [0.3, 0.4) is 0 Å². The van der Waals surface area contributed by atoms with Crippen molar-refractivity contribution >= 4 is 5.78 Å². The molecule has 4 heteroatoms. The summed E-state index contributed by atoms with van der Waals surface area (Å²) in [6, 6.07) is 17.3. The zero-order valence-corrected chi connectivity index (χ0v) is 14.9. The summed E-state index contributed by atoms with van der Waals surface area (Å²) < 4.78 is 5.71. The van der Waals surface area contributed by atoms with Crippen molar-refractivity contribution in [3.63, 3.8) is 0 Å². The number of carbonyl (C=O) groups is 1. The van der Waals surface area contributed by atoms with Gasteiger partial charge >= 0.3 is 0 Å². The first-order valence-corrected chi connectivity index (χ1v) is 8.99. The molecule has 134 valence electrons. The van der Waals surface area contributed by atoms with Gasteiger partial charge in [0.2, 0.25) is 0 Å². The van der Waals surface area contributed by atoms with Crippen LogP contribution in [0.2, 0.25) is 0 Å². The van der Waals surface area contributed by atoms with Crippen LogP contribution in [0.1, 0.15) is 35.7 Å². The topological polar surface area (TPSA) is 63.1 Å². The number of aliphatic hydroxyl groups excluding tert-OH is 1. The molecule has 0 saturated heterocycles. The van der Waals surface area contributed by atoms with Gasteiger partial charge in [-0.3, -0.25) is 4.79 Å². The maximum atomic E-state index is 12.5. The third-order valence-electron chi connectivity index (χ3n) is 4.03. The van der Waals surface area contributed by atoms with Gasteiger partial charge in [0.1, 0.15) is 25.0 Å². The minimum absolute atomic E-state index is 0.0616. The van der Waals surface area contributed by atoms with Crippen molar-refractivity contribution in [1.82, 2.24) is 0 Å². The molecular weight excluding hydrogens is 314 g/mol. The molecule has 0 aliphatic carbocycles. The number of nitrogens with two attached hydrogens (primary N) is 1. The Kier molecular flexibility index (Phi) is 8.16. The van der Waals surface area contributed by atoms with Crippen LogP contribution in [0.5, 0.6) is 5.75 Å². The van der Waals surface area contributed by atoms with E-state index in [9.17, 15) is 9.90 Å². The minimum Gasteiger partial charge on any atom is -0.490 e. The predicted molar refractivity (Wildman–Crippen MR) is 99.0 cm³/mol. The van der Waals surface area contributed by atoms with Crippen LogP contribution in [-0.4, -0.2) is 36.7 Å². The standard InChI is InChI=1S/C21H27NO3/c1-2-14-22-15-18(23)16-25-21-11-7-6-10-19(21)20(24)13-12-17-8-4-3-5-9-17/h3-11,18,22-23H,2,12-16H2,1H3/p+1/t18-/m0/s1. The van der Waals surface area contributed by atoms with E-state index in [1.54, 1.807) is 12.1 Å². The molecule has 0 radical (unpaired) electrons. The summed E-state index contributed by atoms with van der Waals surface area (Å²) in [6.07, 6.45) is 1.69. The highest BCUT2D eigenvalue weighted by Gasteiger charge is 2.14. The summed E-state index contributed by atoms with van der Waals surface area (Å²) in [6.45, 7) is 3.91. The Morgan fingerprint density at radius 2 is 1.84 bits per heavy atom. The zero-order chi connectivity index (χ0) is 17.9. The van der Waals surface area contributed by atoms with Crippen molar-refractivity contribution in [3.8, 4) is 5.75 Å². The molecule has 0 amide bonds. The highest BCUT2D eigenvalue weighted by molar-refractivity contribution is 5.98. The maximum absolute atomic E-state index is 12.5. The summed E-state index contributed by atoms with van der Waals surface area (Å²) in [5, 5.41) is 12.1. The number of Topliss-reactive ketones (excluding diaryl/α,β-unsaturated/α-hetero) is 1. The largest absolute Gasteiger partial charge is 0.490 e. The van der Waals surface area contributed by atoms with Crippen LogP contribution in [0.25, 0.3) is 0 Å². The molecule has 0 spiro atoms. The summed E-state index contributed by atoms with van der Waals surface area (Å²) in [5.74, 6) is 0.613. The van der Waals surface area contributed by atoms with Crippen LogP contribution in [0.15, 0.2) is 54.6 Å². The molecule has 0 fully saturated rings. The number of aryl methyl sites for hydroxylation is 1. The number of aliphatic hydroxyl groups is 1. The summed E-state index contributed by atoms with van der Waals surface area (Å²) in [7, 11) is 0. The molecule has 0 heterocycles.